The van der Waals surface area contributed by atoms with E-state index < -0.39 is 0 Å². The Labute approximate surface area is 135 Å². The fourth-order valence-electron chi connectivity index (χ4n) is 2.39. The summed E-state index contributed by atoms with van der Waals surface area (Å²) in [7, 11) is 0. The fourth-order valence-corrected chi connectivity index (χ4v) is 3.18. The highest BCUT2D eigenvalue weighted by atomic mass is 32.1. The maximum Gasteiger partial charge on any atom is 0.270 e. The molecule has 3 N–H and O–H groups in total. The minimum absolute atomic E-state index is 0.110. The molecule has 1 atom stereocenters. The highest BCUT2D eigenvalue weighted by Gasteiger charge is 2.18. The van der Waals surface area contributed by atoms with Gasteiger partial charge in [-0.2, -0.15) is 0 Å². The molecule has 0 saturated heterocycles. The van der Waals surface area contributed by atoms with E-state index in [-0.39, 0.29) is 5.91 Å². The maximum absolute atomic E-state index is 12.2. The second kappa shape index (κ2) is 8.06. The number of amides is 1. The highest BCUT2D eigenvalue weighted by molar-refractivity contribution is 7.09. The molecule has 118 valence electrons. The van der Waals surface area contributed by atoms with Crippen molar-refractivity contribution in [3.8, 4) is 0 Å². The number of benzene rings is 1. The SMILES string of the molecule is CC(C)C(CNC(=O)c1csc(CCN)n1)c1ccccc1. The van der Waals surface area contributed by atoms with Crippen LogP contribution >= 0.6 is 11.3 Å². The molecule has 2 aromatic rings. The van der Waals surface area contributed by atoms with E-state index in [0.717, 1.165) is 11.4 Å². The first kappa shape index (κ1) is 16.6. The summed E-state index contributed by atoms with van der Waals surface area (Å²) in [5.41, 5.74) is 7.25. The van der Waals surface area contributed by atoms with Crippen LogP contribution in [0.3, 0.4) is 0 Å². The zero-order chi connectivity index (χ0) is 15.9. The molecular weight excluding hydrogens is 294 g/mol. The second-order valence-electron chi connectivity index (χ2n) is 5.64. The first-order valence-corrected chi connectivity index (χ1v) is 8.47. The zero-order valence-corrected chi connectivity index (χ0v) is 13.9. The number of nitrogens with one attached hydrogen (secondary N) is 1. The van der Waals surface area contributed by atoms with Crippen LogP contribution in [0.1, 0.15) is 40.8 Å². The van der Waals surface area contributed by atoms with Crippen LogP contribution in [0.25, 0.3) is 0 Å². The van der Waals surface area contributed by atoms with E-state index in [0.29, 0.717) is 30.6 Å². The van der Waals surface area contributed by atoms with Gasteiger partial charge in [0.05, 0.1) is 5.01 Å². The summed E-state index contributed by atoms with van der Waals surface area (Å²) in [5.74, 6) is 0.638. The van der Waals surface area contributed by atoms with Crippen LogP contribution in [0, 0.1) is 5.92 Å². The van der Waals surface area contributed by atoms with Crippen molar-refractivity contribution < 1.29 is 4.79 Å². The number of nitrogens with zero attached hydrogens (tertiary/aromatic N) is 1. The Morgan fingerprint density at radius 3 is 2.68 bits per heavy atom. The van der Waals surface area contributed by atoms with E-state index in [2.05, 4.69) is 36.3 Å². The van der Waals surface area contributed by atoms with Crippen LogP contribution in [0.15, 0.2) is 35.7 Å². The van der Waals surface area contributed by atoms with Crippen LogP contribution in [-0.4, -0.2) is 24.0 Å². The Kier molecular flexibility index (Phi) is 6.10. The van der Waals surface area contributed by atoms with Gasteiger partial charge in [0.15, 0.2) is 0 Å². The van der Waals surface area contributed by atoms with Gasteiger partial charge in [0.1, 0.15) is 5.69 Å². The van der Waals surface area contributed by atoms with Gasteiger partial charge >= 0.3 is 0 Å². The Balaban J connectivity index is 1.98. The fraction of sp³-hybridized carbons (Fsp3) is 0.412. The number of hydrogen-bond acceptors (Lipinski definition) is 4. The molecule has 5 heteroatoms. The van der Waals surface area contributed by atoms with Gasteiger partial charge in [-0.25, -0.2) is 4.98 Å². The van der Waals surface area contributed by atoms with E-state index >= 15 is 0 Å². The van der Waals surface area contributed by atoms with Crippen LogP contribution in [0.4, 0.5) is 0 Å². The molecule has 1 unspecified atom stereocenters. The third kappa shape index (κ3) is 4.39. The number of hydrogen-bond donors (Lipinski definition) is 2. The molecule has 0 radical (unpaired) electrons. The molecule has 4 nitrogen and oxygen atoms in total. The normalized spacial score (nSPS) is 12.4. The number of aromatic nitrogens is 1. The average Bonchev–Trinajstić information content (AvgIpc) is 2.97. The highest BCUT2D eigenvalue weighted by Crippen LogP contribution is 2.23. The van der Waals surface area contributed by atoms with E-state index in [1.165, 1.54) is 16.9 Å². The zero-order valence-electron chi connectivity index (χ0n) is 13.1. The molecular formula is C17H23N3OS. The predicted octanol–water partition coefficient (Wildman–Crippen LogP) is 2.81. The van der Waals surface area contributed by atoms with Gasteiger partial charge in [0, 0.05) is 24.3 Å². The van der Waals surface area contributed by atoms with Crippen molar-refractivity contribution in [2.45, 2.75) is 26.2 Å². The van der Waals surface area contributed by atoms with Gasteiger partial charge in [-0.1, -0.05) is 44.2 Å². The summed E-state index contributed by atoms with van der Waals surface area (Å²) in [6.07, 6.45) is 0.719. The van der Waals surface area contributed by atoms with E-state index in [4.69, 9.17) is 5.73 Å². The minimum atomic E-state index is -0.110. The molecule has 1 aromatic heterocycles. The van der Waals surface area contributed by atoms with Gasteiger partial charge in [0.25, 0.3) is 5.91 Å². The van der Waals surface area contributed by atoms with E-state index in [9.17, 15) is 4.79 Å². The molecule has 0 aliphatic heterocycles. The summed E-state index contributed by atoms with van der Waals surface area (Å²) in [4.78, 5) is 16.5. The summed E-state index contributed by atoms with van der Waals surface area (Å²) in [6.45, 7) is 5.51. The molecule has 0 spiro atoms. The lowest BCUT2D eigenvalue weighted by Gasteiger charge is -2.21. The van der Waals surface area contributed by atoms with Gasteiger partial charge in [-0.15, -0.1) is 11.3 Å². The molecule has 0 fully saturated rings. The molecule has 0 bridgehead atoms. The Hall–Kier alpha value is -1.72. The second-order valence-corrected chi connectivity index (χ2v) is 6.58. The van der Waals surface area contributed by atoms with Crippen LogP contribution in [-0.2, 0) is 6.42 Å². The Bertz CT molecular complexity index is 595. The molecule has 0 saturated carbocycles. The molecule has 2 rings (SSSR count). The lowest BCUT2D eigenvalue weighted by Crippen LogP contribution is -2.30. The predicted molar refractivity (Wildman–Crippen MR) is 91.2 cm³/mol. The van der Waals surface area contributed by atoms with Crippen molar-refractivity contribution in [2.75, 3.05) is 13.1 Å². The van der Waals surface area contributed by atoms with Crippen molar-refractivity contribution in [1.82, 2.24) is 10.3 Å². The van der Waals surface area contributed by atoms with Crippen molar-refractivity contribution >= 4 is 17.2 Å². The quantitative estimate of drug-likeness (QED) is 0.825. The molecule has 0 aliphatic rings. The van der Waals surface area contributed by atoms with Crippen LogP contribution in [0.5, 0.6) is 0 Å². The molecule has 1 aromatic carbocycles. The lowest BCUT2D eigenvalue weighted by molar-refractivity contribution is 0.0944. The van der Waals surface area contributed by atoms with Crippen LogP contribution < -0.4 is 11.1 Å². The molecule has 0 aliphatic carbocycles. The third-order valence-electron chi connectivity index (χ3n) is 3.66. The van der Waals surface area contributed by atoms with Gasteiger partial charge < -0.3 is 11.1 Å². The van der Waals surface area contributed by atoms with E-state index in [1.54, 1.807) is 5.38 Å². The maximum atomic E-state index is 12.2. The third-order valence-corrected chi connectivity index (χ3v) is 4.57. The monoisotopic (exact) mass is 317 g/mol. The van der Waals surface area contributed by atoms with Crippen molar-refractivity contribution in [3.05, 3.63) is 52.0 Å². The number of carbonyl (C=O) groups excluding carboxylic acids is 1. The summed E-state index contributed by atoms with van der Waals surface area (Å²) >= 11 is 1.49. The summed E-state index contributed by atoms with van der Waals surface area (Å²) in [6, 6.07) is 10.3. The summed E-state index contributed by atoms with van der Waals surface area (Å²) < 4.78 is 0. The summed E-state index contributed by atoms with van der Waals surface area (Å²) in [5, 5.41) is 5.72. The Morgan fingerprint density at radius 1 is 1.32 bits per heavy atom. The smallest absolute Gasteiger partial charge is 0.270 e. The molecule has 1 amide bonds. The number of nitrogens with two attached hydrogens (primary N) is 1. The number of thiazole rings is 1. The first-order chi connectivity index (χ1) is 10.6. The average molecular weight is 317 g/mol. The van der Waals surface area contributed by atoms with Crippen molar-refractivity contribution in [2.24, 2.45) is 11.7 Å². The van der Waals surface area contributed by atoms with Crippen molar-refractivity contribution in [3.63, 3.8) is 0 Å². The standard InChI is InChI=1S/C17H23N3OS/c1-12(2)14(13-6-4-3-5-7-13)10-19-17(21)15-11-22-16(20-15)8-9-18/h3-7,11-12,14H,8-10,18H2,1-2H3,(H,19,21). The molecule has 22 heavy (non-hydrogen) atoms. The lowest BCUT2D eigenvalue weighted by atomic mass is 9.88. The van der Waals surface area contributed by atoms with Gasteiger partial charge in [-0.3, -0.25) is 4.79 Å². The number of carbonyl (C=O) groups is 1. The van der Waals surface area contributed by atoms with Gasteiger partial charge in [0.2, 0.25) is 0 Å². The first-order valence-electron chi connectivity index (χ1n) is 7.59. The minimum Gasteiger partial charge on any atom is -0.350 e. The van der Waals surface area contributed by atoms with E-state index in [1.807, 2.05) is 18.2 Å². The Morgan fingerprint density at radius 2 is 2.05 bits per heavy atom. The number of rotatable bonds is 7. The molecule has 1 heterocycles. The topological polar surface area (TPSA) is 68.0 Å². The van der Waals surface area contributed by atoms with Gasteiger partial charge in [-0.05, 0) is 18.0 Å². The van der Waals surface area contributed by atoms with Crippen molar-refractivity contribution in [1.29, 1.82) is 0 Å². The van der Waals surface area contributed by atoms with Crippen LogP contribution in [0.2, 0.25) is 0 Å². The largest absolute Gasteiger partial charge is 0.350 e.